The number of allylic oxidation sites excluding steroid dienone is 13. The molecule has 2 spiro atoms. The van der Waals surface area contributed by atoms with Crippen LogP contribution in [0.5, 0.6) is 5.75 Å². The number of carbonyl (C=O) groups is 1. The number of fused-ring (bicyclic) bond motifs is 3. The molecule has 40 heavy (non-hydrogen) atoms. The number of para-hydroxylation sites is 1. The van der Waals surface area contributed by atoms with E-state index in [4.69, 9.17) is 9.47 Å². The van der Waals surface area contributed by atoms with Crippen LogP contribution in [-0.4, -0.2) is 18.2 Å². The average Bonchev–Trinajstić information content (AvgIpc) is 3.37. The minimum Gasteiger partial charge on any atom is -0.424 e. The van der Waals surface area contributed by atoms with Crippen LogP contribution in [0.15, 0.2) is 130 Å². The van der Waals surface area contributed by atoms with E-state index in [1.807, 2.05) is 30.4 Å². The first-order valence-electron chi connectivity index (χ1n) is 14.4. The van der Waals surface area contributed by atoms with E-state index >= 15 is 0 Å². The molecular formula is C37H36O3. The number of rotatable bonds is 8. The Kier molecular flexibility index (Phi) is 5.17. The first kappa shape index (κ1) is 25.3. The summed E-state index contributed by atoms with van der Waals surface area (Å²) < 4.78 is 13.4. The van der Waals surface area contributed by atoms with E-state index in [2.05, 4.69) is 71.7 Å². The van der Waals surface area contributed by atoms with Crippen molar-refractivity contribution in [2.24, 2.45) is 10.8 Å². The zero-order chi connectivity index (χ0) is 28.2. The molecule has 0 radical (unpaired) electrons. The maximum absolute atomic E-state index is 14.7. The van der Waals surface area contributed by atoms with E-state index in [0.29, 0.717) is 12.4 Å². The molecule has 0 N–H and O–H groups in total. The van der Waals surface area contributed by atoms with Crippen LogP contribution in [0.4, 0.5) is 0 Å². The number of esters is 1. The van der Waals surface area contributed by atoms with E-state index in [-0.39, 0.29) is 11.9 Å². The topological polar surface area (TPSA) is 35.5 Å². The van der Waals surface area contributed by atoms with Crippen molar-refractivity contribution >= 4 is 5.97 Å². The van der Waals surface area contributed by atoms with Crippen LogP contribution in [0, 0.1) is 10.8 Å². The molecule has 1 aliphatic heterocycles. The van der Waals surface area contributed by atoms with E-state index in [9.17, 15) is 4.79 Å². The van der Waals surface area contributed by atoms with Gasteiger partial charge in [-0.15, -0.1) is 6.58 Å². The highest BCUT2D eigenvalue weighted by atomic mass is 16.6. The predicted octanol–water partition coefficient (Wildman–Crippen LogP) is 8.33. The lowest BCUT2D eigenvalue weighted by molar-refractivity contribution is -0.255. The zero-order valence-corrected chi connectivity index (χ0v) is 23.9. The smallest absolute Gasteiger partial charge is 0.345 e. The zero-order valence-electron chi connectivity index (χ0n) is 23.9. The molecule has 1 fully saturated rings. The highest BCUT2D eigenvalue weighted by Gasteiger charge is 2.92. The standard InChI is InChI=1S/C37H36O3/c1-8-11-12-15-20-39-37-33(27-16-13-14-17-30(27)40-34(37)38)35-28-18-19-29-26(10-3)24(7)32(36(29,35)37)22(5)21(4)31(35)23(6)25(28)9-2/h8-10,13-14,16-19,33H,1-3,11-12,15,20H2,4-7H3. The third kappa shape index (κ3) is 2.31. The Morgan fingerprint density at radius 3 is 2.25 bits per heavy atom. The van der Waals surface area contributed by atoms with Crippen LogP contribution in [-0.2, 0) is 9.53 Å². The highest BCUT2D eigenvalue weighted by Crippen LogP contribution is 2.90. The number of unbranched alkanes of at least 4 members (excludes halogenated alkanes) is 2. The van der Waals surface area contributed by atoms with Crippen LogP contribution in [0.1, 0.15) is 58.4 Å². The van der Waals surface area contributed by atoms with Crippen LogP contribution in [0.2, 0.25) is 0 Å². The van der Waals surface area contributed by atoms with Crippen LogP contribution in [0.25, 0.3) is 0 Å². The molecule has 0 bridgehead atoms. The van der Waals surface area contributed by atoms with Gasteiger partial charge in [0.25, 0.3) is 0 Å². The number of hydrogen-bond acceptors (Lipinski definition) is 3. The average molecular weight is 529 g/mol. The second-order valence-electron chi connectivity index (χ2n) is 11.9. The quantitative estimate of drug-likeness (QED) is 0.147. The van der Waals surface area contributed by atoms with Crippen molar-refractivity contribution in [3.05, 3.63) is 136 Å². The van der Waals surface area contributed by atoms with Gasteiger partial charge in [0.15, 0.2) is 5.60 Å². The summed E-state index contributed by atoms with van der Waals surface area (Å²) in [6.45, 7) is 21.7. The van der Waals surface area contributed by atoms with Gasteiger partial charge < -0.3 is 9.47 Å². The van der Waals surface area contributed by atoms with Crippen molar-refractivity contribution < 1.29 is 14.3 Å². The Morgan fingerprint density at radius 2 is 1.52 bits per heavy atom. The Balaban J connectivity index is 1.65. The molecule has 0 amide bonds. The van der Waals surface area contributed by atoms with Crippen molar-refractivity contribution in [3.8, 4) is 5.75 Å². The normalized spacial score (nSPS) is 32.5. The molecule has 1 heterocycles. The fraction of sp³-hybridized carbons (Fsp3) is 0.324. The number of carbonyl (C=O) groups excluding carboxylic acids is 1. The van der Waals surface area contributed by atoms with Gasteiger partial charge in [-0.05, 0) is 109 Å². The summed E-state index contributed by atoms with van der Waals surface area (Å²) in [5.41, 5.74) is 10.6. The molecule has 0 saturated heterocycles. The number of benzene rings is 1. The van der Waals surface area contributed by atoms with Gasteiger partial charge in [0.1, 0.15) is 5.75 Å². The first-order valence-corrected chi connectivity index (χ1v) is 14.4. The lowest BCUT2D eigenvalue weighted by Gasteiger charge is -2.77. The van der Waals surface area contributed by atoms with Gasteiger partial charge in [-0.3, -0.25) is 0 Å². The summed E-state index contributed by atoms with van der Waals surface area (Å²) >= 11 is 0. The van der Waals surface area contributed by atoms with Crippen molar-refractivity contribution in [2.75, 3.05) is 6.61 Å². The second-order valence-corrected chi connectivity index (χ2v) is 11.9. The minimum absolute atomic E-state index is 0.246. The predicted molar refractivity (Wildman–Crippen MR) is 160 cm³/mol. The lowest BCUT2D eigenvalue weighted by atomic mass is 9.25. The molecule has 202 valence electrons. The molecule has 3 nitrogen and oxygen atoms in total. The van der Waals surface area contributed by atoms with Gasteiger partial charge in [0, 0.05) is 23.5 Å². The molecule has 3 heteroatoms. The molecular weight excluding hydrogens is 492 g/mol. The van der Waals surface area contributed by atoms with Crippen molar-refractivity contribution in [3.63, 3.8) is 0 Å². The van der Waals surface area contributed by atoms with Crippen molar-refractivity contribution in [2.45, 2.75) is 58.5 Å². The van der Waals surface area contributed by atoms with E-state index in [0.717, 1.165) is 36.0 Å². The van der Waals surface area contributed by atoms with E-state index < -0.39 is 16.4 Å². The van der Waals surface area contributed by atoms with Gasteiger partial charge in [-0.25, -0.2) is 4.79 Å². The Labute approximate surface area is 237 Å². The van der Waals surface area contributed by atoms with Gasteiger partial charge in [-0.1, -0.05) is 61.7 Å². The van der Waals surface area contributed by atoms with Crippen molar-refractivity contribution in [1.29, 1.82) is 0 Å². The van der Waals surface area contributed by atoms with E-state index in [1.165, 1.54) is 44.6 Å². The van der Waals surface area contributed by atoms with Crippen LogP contribution >= 0.6 is 0 Å². The third-order valence-electron chi connectivity index (χ3n) is 10.7. The van der Waals surface area contributed by atoms with Crippen molar-refractivity contribution in [1.82, 2.24) is 0 Å². The summed E-state index contributed by atoms with van der Waals surface area (Å²) in [5.74, 6) is 0.105. The number of hydrogen-bond donors (Lipinski definition) is 0. The third-order valence-corrected chi connectivity index (χ3v) is 10.7. The lowest BCUT2D eigenvalue weighted by Crippen LogP contribution is -2.83. The summed E-state index contributed by atoms with van der Waals surface area (Å²) in [7, 11) is 0. The maximum Gasteiger partial charge on any atom is 0.345 e. The first-order chi connectivity index (χ1) is 19.3. The molecule has 1 aromatic rings. The minimum atomic E-state index is -1.22. The largest absolute Gasteiger partial charge is 0.424 e. The maximum atomic E-state index is 14.7. The summed E-state index contributed by atoms with van der Waals surface area (Å²) in [6, 6.07) is 8.05. The van der Waals surface area contributed by atoms with Gasteiger partial charge in [0.05, 0.1) is 5.41 Å². The molecule has 1 saturated carbocycles. The van der Waals surface area contributed by atoms with E-state index in [1.54, 1.807) is 0 Å². The highest BCUT2D eigenvalue weighted by molar-refractivity contribution is 6.00. The van der Waals surface area contributed by atoms with Crippen LogP contribution < -0.4 is 4.74 Å². The fourth-order valence-electron chi connectivity index (χ4n) is 9.60. The summed E-state index contributed by atoms with van der Waals surface area (Å²) in [6.07, 6.45) is 13.1. The monoisotopic (exact) mass is 528 g/mol. The Morgan fingerprint density at radius 1 is 0.875 bits per heavy atom. The molecule has 1 aromatic carbocycles. The molecule has 4 atom stereocenters. The molecule has 4 unspecified atom stereocenters. The molecule has 7 rings (SSSR count). The molecule has 6 aliphatic rings. The van der Waals surface area contributed by atoms with Crippen LogP contribution in [0.3, 0.4) is 0 Å². The molecule has 0 aromatic heterocycles. The summed E-state index contributed by atoms with van der Waals surface area (Å²) in [4.78, 5) is 14.7. The fourth-order valence-corrected chi connectivity index (χ4v) is 9.60. The number of ether oxygens (including phenoxy) is 2. The molecule has 5 aliphatic carbocycles. The Bertz CT molecular complexity index is 1670. The van der Waals surface area contributed by atoms with Gasteiger partial charge in [-0.2, -0.15) is 0 Å². The van der Waals surface area contributed by atoms with Gasteiger partial charge in [0.2, 0.25) is 0 Å². The SMILES string of the molecule is C=CCCCCOC12C(=O)Oc3ccccc3C1C13C4=C(C=C)C(C)=C1C(C)=C(C)C1=C(C)C(C=C)=C(C=C4)C123. The van der Waals surface area contributed by atoms with Gasteiger partial charge >= 0.3 is 5.97 Å². The summed E-state index contributed by atoms with van der Waals surface area (Å²) in [5, 5.41) is 0. The Hall–Kier alpha value is -3.69. The second kappa shape index (κ2) is 8.17.